The van der Waals surface area contributed by atoms with E-state index in [4.69, 9.17) is 9.15 Å². The molecule has 180 valence electrons. The highest BCUT2D eigenvalue weighted by molar-refractivity contribution is 5.93. The van der Waals surface area contributed by atoms with Gasteiger partial charge in [0.2, 0.25) is 5.91 Å². The van der Waals surface area contributed by atoms with Gasteiger partial charge in [-0.3, -0.25) is 4.79 Å². The lowest BCUT2D eigenvalue weighted by atomic mass is 10.1. The Bertz CT molecular complexity index is 1060. The van der Waals surface area contributed by atoms with Crippen molar-refractivity contribution in [2.24, 2.45) is 0 Å². The molecule has 0 spiro atoms. The molecular weight excluding hydrogens is 437 g/mol. The molecule has 0 aliphatic carbocycles. The summed E-state index contributed by atoms with van der Waals surface area (Å²) in [6.45, 7) is 4.67. The SMILES string of the molecule is COCCN(CC(=O)N(Cc1ccc(F)cc1)Cc1ccco1)C(=O)Nc1c(C)cccc1C. The number of urea groups is 1. The van der Waals surface area contributed by atoms with E-state index in [1.54, 1.807) is 42.5 Å². The molecule has 3 amide bonds. The minimum absolute atomic E-state index is 0.151. The Morgan fingerprint density at radius 2 is 1.68 bits per heavy atom. The van der Waals surface area contributed by atoms with E-state index in [1.807, 2.05) is 32.0 Å². The predicted octanol–water partition coefficient (Wildman–Crippen LogP) is 4.74. The van der Waals surface area contributed by atoms with E-state index in [9.17, 15) is 14.0 Å². The summed E-state index contributed by atoms with van der Waals surface area (Å²) in [5.41, 5.74) is 3.36. The second kappa shape index (κ2) is 12.0. The molecule has 0 aliphatic heterocycles. The van der Waals surface area contributed by atoms with Crippen LogP contribution < -0.4 is 5.32 Å². The molecule has 0 bridgehead atoms. The molecule has 1 aromatic heterocycles. The summed E-state index contributed by atoms with van der Waals surface area (Å²) in [4.78, 5) is 29.5. The number of furan rings is 1. The summed E-state index contributed by atoms with van der Waals surface area (Å²) in [6, 6.07) is 14.9. The molecule has 3 rings (SSSR count). The Morgan fingerprint density at radius 1 is 0.971 bits per heavy atom. The van der Waals surface area contributed by atoms with Crippen LogP contribution in [-0.4, -0.2) is 48.5 Å². The number of nitrogens with zero attached hydrogens (tertiary/aromatic N) is 2. The van der Waals surface area contributed by atoms with Gasteiger partial charge in [0.05, 0.1) is 19.4 Å². The van der Waals surface area contributed by atoms with Gasteiger partial charge in [-0.1, -0.05) is 30.3 Å². The lowest BCUT2D eigenvalue weighted by Gasteiger charge is -2.28. The molecule has 0 aliphatic rings. The number of carbonyl (C=O) groups is 2. The number of carbonyl (C=O) groups excluding carboxylic acids is 2. The molecule has 0 unspecified atom stereocenters. The van der Waals surface area contributed by atoms with Gasteiger partial charge >= 0.3 is 6.03 Å². The molecule has 0 saturated carbocycles. The van der Waals surface area contributed by atoms with Crippen molar-refractivity contribution >= 4 is 17.6 Å². The number of aryl methyl sites for hydroxylation is 2. The Kier molecular flexibility index (Phi) is 8.81. The van der Waals surface area contributed by atoms with Crippen LogP contribution in [0.3, 0.4) is 0 Å². The third kappa shape index (κ3) is 6.92. The quantitative estimate of drug-likeness (QED) is 0.467. The molecular formula is C26H30FN3O4. The van der Waals surface area contributed by atoms with Crippen molar-refractivity contribution in [3.8, 4) is 0 Å². The van der Waals surface area contributed by atoms with E-state index in [1.165, 1.54) is 17.0 Å². The average molecular weight is 468 g/mol. The number of ether oxygens (including phenoxy) is 1. The van der Waals surface area contributed by atoms with Gasteiger partial charge < -0.3 is 24.3 Å². The van der Waals surface area contributed by atoms with Crippen LogP contribution >= 0.6 is 0 Å². The largest absolute Gasteiger partial charge is 0.467 e. The van der Waals surface area contributed by atoms with Gasteiger partial charge in [-0.2, -0.15) is 0 Å². The normalized spacial score (nSPS) is 10.7. The molecule has 34 heavy (non-hydrogen) atoms. The predicted molar refractivity (Wildman–Crippen MR) is 128 cm³/mol. The standard InChI is InChI=1S/C26H30FN3O4/c1-19-6-4-7-20(2)25(19)28-26(32)29(13-15-33-3)18-24(31)30(17-23-8-5-14-34-23)16-21-9-11-22(27)12-10-21/h4-12,14H,13,15-18H2,1-3H3,(H,28,32). The lowest BCUT2D eigenvalue weighted by molar-refractivity contribution is -0.133. The summed E-state index contributed by atoms with van der Waals surface area (Å²) in [5.74, 6) is -0.00561. The van der Waals surface area contributed by atoms with Crippen LogP contribution in [0.1, 0.15) is 22.5 Å². The van der Waals surface area contributed by atoms with Gasteiger partial charge in [0.15, 0.2) is 0 Å². The minimum atomic E-state index is -0.387. The zero-order chi connectivity index (χ0) is 24.5. The van der Waals surface area contributed by atoms with E-state index in [2.05, 4.69) is 5.32 Å². The first-order valence-corrected chi connectivity index (χ1v) is 11.0. The van der Waals surface area contributed by atoms with Crippen molar-refractivity contribution in [3.05, 3.63) is 89.1 Å². The fraction of sp³-hybridized carbons (Fsp3) is 0.308. The summed E-state index contributed by atoms with van der Waals surface area (Å²) in [7, 11) is 1.54. The summed E-state index contributed by atoms with van der Waals surface area (Å²) in [6.07, 6.45) is 1.54. The molecule has 1 N–H and O–H groups in total. The van der Waals surface area contributed by atoms with Crippen molar-refractivity contribution in [1.82, 2.24) is 9.80 Å². The fourth-order valence-electron chi connectivity index (χ4n) is 3.55. The van der Waals surface area contributed by atoms with Crippen LogP contribution in [0.15, 0.2) is 65.3 Å². The van der Waals surface area contributed by atoms with Crippen LogP contribution in [0.4, 0.5) is 14.9 Å². The van der Waals surface area contributed by atoms with Gasteiger partial charge in [0, 0.05) is 25.9 Å². The maximum atomic E-state index is 13.4. The number of amides is 3. The van der Waals surface area contributed by atoms with Gasteiger partial charge in [-0.05, 0) is 54.8 Å². The Balaban J connectivity index is 1.77. The first-order chi connectivity index (χ1) is 16.4. The second-order valence-corrected chi connectivity index (χ2v) is 8.07. The first kappa shape index (κ1) is 25.0. The highest BCUT2D eigenvalue weighted by Crippen LogP contribution is 2.20. The second-order valence-electron chi connectivity index (χ2n) is 8.07. The minimum Gasteiger partial charge on any atom is -0.467 e. The highest BCUT2D eigenvalue weighted by Gasteiger charge is 2.23. The van der Waals surface area contributed by atoms with Crippen molar-refractivity contribution in [1.29, 1.82) is 0 Å². The zero-order valence-electron chi connectivity index (χ0n) is 19.7. The monoisotopic (exact) mass is 467 g/mol. The fourth-order valence-corrected chi connectivity index (χ4v) is 3.55. The van der Waals surface area contributed by atoms with E-state index in [-0.39, 0.29) is 50.5 Å². The highest BCUT2D eigenvalue weighted by atomic mass is 19.1. The van der Waals surface area contributed by atoms with Crippen molar-refractivity contribution in [2.45, 2.75) is 26.9 Å². The zero-order valence-corrected chi connectivity index (χ0v) is 19.7. The van der Waals surface area contributed by atoms with Gasteiger partial charge in [-0.15, -0.1) is 0 Å². The van der Waals surface area contributed by atoms with E-state index < -0.39 is 0 Å². The first-order valence-electron chi connectivity index (χ1n) is 11.0. The third-order valence-corrected chi connectivity index (χ3v) is 5.46. The molecule has 2 aromatic carbocycles. The number of nitrogens with one attached hydrogen (secondary N) is 1. The molecule has 0 fully saturated rings. The molecule has 0 atom stereocenters. The molecule has 3 aromatic rings. The summed E-state index contributed by atoms with van der Waals surface area (Å²) < 4.78 is 23.9. The maximum Gasteiger partial charge on any atom is 0.322 e. The lowest BCUT2D eigenvalue weighted by Crippen LogP contribution is -2.45. The van der Waals surface area contributed by atoms with Crippen LogP contribution in [-0.2, 0) is 22.6 Å². The molecule has 1 heterocycles. The Labute approximate surface area is 199 Å². The number of hydrogen-bond donors (Lipinski definition) is 1. The number of para-hydroxylation sites is 1. The van der Waals surface area contributed by atoms with Crippen LogP contribution in [0.25, 0.3) is 0 Å². The van der Waals surface area contributed by atoms with Crippen LogP contribution in [0, 0.1) is 19.7 Å². The molecule has 7 nitrogen and oxygen atoms in total. The Hall–Kier alpha value is -3.65. The number of hydrogen-bond acceptors (Lipinski definition) is 4. The van der Waals surface area contributed by atoms with Crippen molar-refractivity contribution < 1.29 is 23.1 Å². The molecule has 0 saturated heterocycles. The number of rotatable bonds is 10. The summed E-state index contributed by atoms with van der Waals surface area (Å²) >= 11 is 0. The number of methoxy groups -OCH3 is 1. The third-order valence-electron chi connectivity index (χ3n) is 5.46. The van der Waals surface area contributed by atoms with Gasteiger partial charge in [-0.25, -0.2) is 9.18 Å². The van der Waals surface area contributed by atoms with E-state index in [0.717, 1.165) is 22.4 Å². The molecule has 0 radical (unpaired) electrons. The van der Waals surface area contributed by atoms with Gasteiger partial charge in [0.1, 0.15) is 18.1 Å². The van der Waals surface area contributed by atoms with E-state index in [0.29, 0.717) is 5.76 Å². The summed E-state index contributed by atoms with van der Waals surface area (Å²) in [5, 5.41) is 2.93. The topological polar surface area (TPSA) is 75.0 Å². The van der Waals surface area contributed by atoms with Crippen LogP contribution in [0.2, 0.25) is 0 Å². The van der Waals surface area contributed by atoms with Gasteiger partial charge in [0.25, 0.3) is 0 Å². The number of anilines is 1. The molecule has 8 heteroatoms. The average Bonchev–Trinajstić information content (AvgIpc) is 3.33. The van der Waals surface area contributed by atoms with Crippen LogP contribution in [0.5, 0.6) is 0 Å². The Morgan fingerprint density at radius 3 is 2.29 bits per heavy atom. The van der Waals surface area contributed by atoms with E-state index >= 15 is 0 Å². The van der Waals surface area contributed by atoms with Crippen molar-refractivity contribution in [2.75, 3.05) is 32.1 Å². The number of halogens is 1. The number of benzene rings is 2. The maximum absolute atomic E-state index is 13.4. The smallest absolute Gasteiger partial charge is 0.322 e. The van der Waals surface area contributed by atoms with Crippen molar-refractivity contribution in [3.63, 3.8) is 0 Å².